The second-order valence-corrected chi connectivity index (χ2v) is 7.56. The van der Waals surface area contributed by atoms with E-state index in [4.69, 9.17) is 13.9 Å². The number of hydrogen-bond acceptors (Lipinski definition) is 6. The Morgan fingerprint density at radius 2 is 2.07 bits per heavy atom. The number of benzene rings is 1. The summed E-state index contributed by atoms with van der Waals surface area (Å²) >= 11 is 0. The van der Waals surface area contributed by atoms with Crippen molar-refractivity contribution in [1.82, 2.24) is 9.97 Å². The van der Waals surface area contributed by atoms with Crippen LogP contribution in [0.15, 0.2) is 53.1 Å². The zero-order valence-corrected chi connectivity index (χ0v) is 16.8. The van der Waals surface area contributed by atoms with Crippen molar-refractivity contribution in [3.05, 3.63) is 65.7 Å². The Hall–Kier alpha value is -3.19. The largest absolute Gasteiger partial charge is 0.481 e. The number of ether oxygens (including phenoxy) is 2. The molecule has 1 unspecified atom stereocenters. The molecule has 2 aromatic heterocycles. The molecule has 0 saturated carbocycles. The van der Waals surface area contributed by atoms with Crippen LogP contribution < -0.4 is 4.74 Å². The van der Waals surface area contributed by atoms with Crippen molar-refractivity contribution in [2.75, 3.05) is 19.8 Å². The minimum Gasteiger partial charge on any atom is -0.481 e. The van der Waals surface area contributed by atoms with Gasteiger partial charge in [0.1, 0.15) is 5.76 Å². The molecule has 1 aromatic carbocycles. The Morgan fingerprint density at radius 1 is 1.23 bits per heavy atom. The van der Waals surface area contributed by atoms with E-state index in [1.54, 1.807) is 12.3 Å². The molecule has 0 bridgehead atoms. The topological polar surface area (TPSA) is 94.7 Å². The van der Waals surface area contributed by atoms with Gasteiger partial charge in [-0.15, -0.1) is 0 Å². The van der Waals surface area contributed by atoms with E-state index in [9.17, 15) is 9.90 Å². The van der Waals surface area contributed by atoms with E-state index >= 15 is 0 Å². The van der Waals surface area contributed by atoms with Crippen LogP contribution in [-0.4, -0.2) is 40.9 Å². The summed E-state index contributed by atoms with van der Waals surface area (Å²) in [5.41, 5.74) is 1.80. The van der Waals surface area contributed by atoms with Gasteiger partial charge in [-0.05, 0) is 37.5 Å². The highest BCUT2D eigenvalue weighted by molar-refractivity contribution is 5.75. The fourth-order valence-electron chi connectivity index (χ4n) is 3.60. The SMILES string of the molecule is Cc1oc(-c2ccccc2)nc1CCOc1ccc(CC2(C(=O)O)CCOC2)cn1. The number of aliphatic carboxylic acids is 1. The minimum atomic E-state index is -0.856. The first kappa shape index (κ1) is 20.1. The Labute approximate surface area is 174 Å². The molecule has 4 rings (SSSR count). The number of hydrogen-bond donors (Lipinski definition) is 1. The van der Waals surface area contributed by atoms with Gasteiger partial charge in [0, 0.05) is 30.9 Å². The maximum absolute atomic E-state index is 11.7. The van der Waals surface area contributed by atoms with Gasteiger partial charge in [0.15, 0.2) is 0 Å². The highest BCUT2D eigenvalue weighted by Crippen LogP contribution is 2.33. The lowest BCUT2D eigenvalue weighted by atomic mass is 9.81. The third-order valence-electron chi connectivity index (χ3n) is 5.40. The number of carboxylic acid groups (broad SMARTS) is 1. The van der Waals surface area contributed by atoms with E-state index in [0.29, 0.717) is 44.2 Å². The van der Waals surface area contributed by atoms with E-state index in [-0.39, 0.29) is 6.61 Å². The molecule has 1 aliphatic rings. The number of rotatable bonds is 8. The molecular formula is C23H24N2O5. The summed E-state index contributed by atoms with van der Waals surface area (Å²) < 4.78 is 16.8. The van der Waals surface area contributed by atoms with Gasteiger partial charge in [0.25, 0.3) is 0 Å². The maximum atomic E-state index is 11.7. The lowest BCUT2D eigenvalue weighted by Gasteiger charge is -2.21. The minimum absolute atomic E-state index is 0.239. The molecule has 7 heteroatoms. The normalized spacial score (nSPS) is 18.4. The summed E-state index contributed by atoms with van der Waals surface area (Å²) in [6.45, 7) is 3.03. The number of aryl methyl sites for hydroxylation is 1. The Kier molecular flexibility index (Phi) is 5.81. The van der Waals surface area contributed by atoms with E-state index in [1.165, 1.54) is 0 Å². The summed E-state index contributed by atoms with van der Waals surface area (Å²) in [5, 5.41) is 9.56. The molecule has 3 aromatic rings. The molecule has 0 spiro atoms. The van der Waals surface area contributed by atoms with E-state index < -0.39 is 11.4 Å². The molecule has 156 valence electrons. The van der Waals surface area contributed by atoms with Crippen molar-refractivity contribution in [3.8, 4) is 17.3 Å². The molecule has 3 heterocycles. The average molecular weight is 408 g/mol. The first-order chi connectivity index (χ1) is 14.6. The number of carbonyl (C=O) groups is 1. The standard InChI is InChI=1S/C23H24N2O5/c1-16-19(25-21(30-16)18-5-3-2-4-6-18)9-11-29-20-8-7-17(14-24-20)13-23(22(26)27)10-12-28-15-23/h2-8,14H,9-13,15H2,1H3,(H,26,27). The van der Waals surface area contributed by atoms with Gasteiger partial charge in [-0.3, -0.25) is 4.79 Å². The van der Waals surface area contributed by atoms with Crippen LogP contribution in [0.5, 0.6) is 5.88 Å². The van der Waals surface area contributed by atoms with Crippen LogP contribution in [0.2, 0.25) is 0 Å². The number of oxazole rings is 1. The molecule has 0 amide bonds. The highest BCUT2D eigenvalue weighted by atomic mass is 16.5. The predicted molar refractivity (Wildman–Crippen MR) is 109 cm³/mol. The smallest absolute Gasteiger partial charge is 0.312 e. The van der Waals surface area contributed by atoms with Crippen LogP contribution in [0.1, 0.15) is 23.4 Å². The van der Waals surface area contributed by atoms with Crippen LogP contribution in [0.4, 0.5) is 0 Å². The van der Waals surface area contributed by atoms with Crippen LogP contribution >= 0.6 is 0 Å². The summed E-state index contributed by atoms with van der Waals surface area (Å²) in [6.07, 6.45) is 3.19. The third kappa shape index (κ3) is 4.36. The molecule has 1 aliphatic heterocycles. The van der Waals surface area contributed by atoms with E-state index in [1.807, 2.05) is 43.3 Å². The van der Waals surface area contributed by atoms with Gasteiger partial charge in [-0.25, -0.2) is 9.97 Å². The molecule has 0 radical (unpaired) electrons. The van der Waals surface area contributed by atoms with Crippen molar-refractivity contribution in [1.29, 1.82) is 0 Å². The highest BCUT2D eigenvalue weighted by Gasteiger charge is 2.42. The van der Waals surface area contributed by atoms with Crippen LogP contribution in [0, 0.1) is 12.3 Å². The van der Waals surface area contributed by atoms with E-state index in [2.05, 4.69) is 9.97 Å². The summed E-state index contributed by atoms with van der Waals surface area (Å²) in [6, 6.07) is 13.4. The number of pyridine rings is 1. The van der Waals surface area contributed by atoms with Gasteiger partial charge in [-0.1, -0.05) is 24.3 Å². The molecule has 30 heavy (non-hydrogen) atoms. The van der Waals surface area contributed by atoms with Gasteiger partial charge >= 0.3 is 5.97 Å². The van der Waals surface area contributed by atoms with Crippen molar-refractivity contribution in [3.63, 3.8) is 0 Å². The van der Waals surface area contributed by atoms with Gasteiger partial charge in [0.2, 0.25) is 11.8 Å². The predicted octanol–water partition coefficient (Wildman–Crippen LogP) is 3.70. The quantitative estimate of drug-likeness (QED) is 0.607. The summed E-state index contributed by atoms with van der Waals surface area (Å²) in [7, 11) is 0. The Bertz CT molecular complexity index is 992. The number of nitrogens with zero attached hydrogens (tertiary/aromatic N) is 2. The Balaban J connectivity index is 1.33. The second kappa shape index (κ2) is 8.67. The molecular weight excluding hydrogens is 384 g/mol. The van der Waals surface area contributed by atoms with Crippen LogP contribution in [0.3, 0.4) is 0 Å². The zero-order valence-electron chi connectivity index (χ0n) is 16.8. The third-order valence-corrected chi connectivity index (χ3v) is 5.40. The van der Waals surface area contributed by atoms with Crippen LogP contribution in [0.25, 0.3) is 11.5 Å². The lowest BCUT2D eigenvalue weighted by molar-refractivity contribution is -0.148. The van der Waals surface area contributed by atoms with Crippen LogP contribution in [-0.2, 0) is 22.4 Å². The fourth-order valence-corrected chi connectivity index (χ4v) is 3.60. The molecule has 1 fully saturated rings. The van der Waals surface area contributed by atoms with Gasteiger partial charge < -0.3 is 19.0 Å². The summed E-state index contributed by atoms with van der Waals surface area (Å²) in [5.74, 6) is 1.06. The van der Waals surface area contributed by atoms with Gasteiger partial charge in [0.05, 0.1) is 24.3 Å². The molecule has 0 aliphatic carbocycles. The summed E-state index contributed by atoms with van der Waals surface area (Å²) in [4.78, 5) is 20.5. The molecule has 7 nitrogen and oxygen atoms in total. The van der Waals surface area contributed by atoms with Crippen molar-refractivity contribution >= 4 is 5.97 Å². The van der Waals surface area contributed by atoms with Crippen molar-refractivity contribution in [2.45, 2.75) is 26.2 Å². The lowest BCUT2D eigenvalue weighted by Crippen LogP contribution is -2.33. The monoisotopic (exact) mass is 408 g/mol. The first-order valence-corrected chi connectivity index (χ1v) is 9.96. The van der Waals surface area contributed by atoms with Gasteiger partial charge in [-0.2, -0.15) is 0 Å². The average Bonchev–Trinajstić information content (AvgIpc) is 3.38. The zero-order chi connectivity index (χ0) is 21.0. The fraction of sp³-hybridized carbons (Fsp3) is 0.348. The second-order valence-electron chi connectivity index (χ2n) is 7.56. The maximum Gasteiger partial charge on any atom is 0.312 e. The first-order valence-electron chi connectivity index (χ1n) is 9.96. The number of aromatic nitrogens is 2. The van der Waals surface area contributed by atoms with Crippen molar-refractivity contribution < 1.29 is 23.8 Å². The Morgan fingerprint density at radius 3 is 2.73 bits per heavy atom. The molecule has 1 saturated heterocycles. The number of carboxylic acids is 1. The molecule has 1 N–H and O–H groups in total. The molecule has 1 atom stereocenters. The van der Waals surface area contributed by atoms with E-state index in [0.717, 1.165) is 22.6 Å². The van der Waals surface area contributed by atoms with Crippen molar-refractivity contribution in [2.24, 2.45) is 5.41 Å².